The topological polar surface area (TPSA) is 102 Å². The molecule has 134 valence electrons. The Morgan fingerprint density at radius 3 is 2.56 bits per heavy atom. The quantitative estimate of drug-likeness (QED) is 0.810. The normalized spacial score (nSPS) is 19.8. The minimum Gasteiger partial charge on any atom is -0.368 e. The summed E-state index contributed by atoms with van der Waals surface area (Å²) >= 11 is 0. The number of nitrogens with one attached hydrogen (secondary N) is 1. The molecule has 1 saturated carbocycles. The van der Waals surface area contributed by atoms with Gasteiger partial charge in [0.25, 0.3) is 0 Å². The molecule has 0 aliphatic heterocycles. The lowest BCUT2D eigenvalue weighted by molar-refractivity contribution is -0.144. The Morgan fingerprint density at radius 1 is 1.16 bits per heavy atom. The molecule has 3 rings (SSSR count). The Bertz CT molecular complexity index is 780. The molecule has 12 heteroatoms. The van der Waals surface area contributed by atoms with Gasteiger partial charge in [-0.3, -0.25) is 0 Å². The van der Waals surface area contributed by atoms with E-state index in [9.17, 15) is 22.0 Å². The number of anilines is 2. The van der Waals surface area contributed by atoms with E-state index in [1.54, 1.807) is 0 Å². The molecule has 1 fully saturated rings. The number of alkyl halides is 5. The van der Waals surface area contributed by atoms with Crippen molar-refractivity contribution in [3.63, 3.8) is 0 Å². The SMILES string of the molecule is Nc1nc(NC2CCC(F)(F)C2)nc(-c2ccnc(C(F)(F)F)n2)n1. The predicted molar refractivity (Wildman–Crippen MR) is 76.5 cm³/mol. The molecule has 2 heterocycles. The van der Waals surface area contributed by atoms with Crippen LogP contribution in [-0.2, 0) is 6.18 Å². The molecule has 2 aromatic rings. The Balaban J connectivity index is 1.87. The van der Waals surface area contributed by atoms with Gasteiger partial charge in [-0.15, -0.1) is 0 Å². The predicted octanol–water partition coefficient (Wildman–Crippen LogP) is 2.53. The first kappa shape index (κ1) is 17.2. The fourth-order valence-corrected chi connectivity index (χ4v) is 2.45. The smallest absolute Gasteiger partial charge is 0.368 e. The Labute approximate surface area is 137 Å². The van der Waals surface area contributed by atoms with Crippen molar-refractivity contribution in [3.8, 4) is 11.5 Å². The van der Waals surface area contributed by atoms with Crippen LogP contribution in [0.25, 0.3) is 11.5 Å². The first-order valence-corrected chi connectivity index (χ1v) is 7.19. The summed E-state index contributed by atoms with van der Waals surface area (Å²) in [5.41, 5.74) is 5.32. The summed E-state index contributed by atoms with van der Waals surface area (Å²) in [5, 5.41) is 2.70. The number of nitrogens with zero attached hydrogens (tertiary/aromatic N) is 5. The van der Waals surface area contributed by atoms with Crippen LogP contribution >= 0.6 is 0 Å². The van der Waals surface area contributed by atoms with Gasteiger partial charge in [0, 0.05) is 25.1 Å². The molecule has 1 aliphatic carbocycles. The molecule has 2 aromatic heterocycles. The van der Waals surface area contributed by atoms with E-state index in [0.29, 0.717) is 0 Å². The van der Waals surface area contributed by atoms with Crippen LogP contribution < -0.4 is 11.1 Å². The fourth-order valence-electron chi connectivity index (χ4n) is 2.45. The average molecular weight is 361 g/mol. The zero-order valence-corrected chi connectivity index (χ0v) is 12.6. The summed E-state index contributed by atoms with van der Waals surface area (Å²) < 4.78 is 64.6. The number of hydrogen-bond acceptors (Lipinski definition) is 7. The van der Waals surface area contributed by atoms with Crippen LogP contribution in [0.1, 0.15) is 25.1 Å². The van der Waals surface area contributed by atoms with E-state index in [2.05, 4.69) is 30.2 Å². The number of nitrogens with two attached hydrogens (primary N) is 1. The summed E-state index contributed by atoms with van der Waals surface area (Å²) in [6.45, 7) is 0. The van der Waals surface area contributed by atoms with Crippen LogP contribution in [0.15, 0.2) is 12.3 Å². The fraction of sp³-hybridized carbons (Fsp3) is 0.462. The largest absolute Gasteiger partial charge is 0.451 e. The van der Waals surface area contributed by atoms with Gasteiger partial charge in [-0.1, -0.05) is 0 Å². The van der Waals surface area contributed by atoms with Crippen molar-refractivity contribution in [2.75, 3.05) is 11.1 Å². The molecule has 1 atom stereocenters. The second-order valence-electron chi connectivity index (χ2n) is 5.54. The van der Waals surface area contributed by atoms with Crippen molar-refractivity contribution in [1.29, 1.82) is 0 Å². The van der Waals surface area contributed by atoms with Gasteiger partial charge in [0.2, 0.25) is 23.6 Å². The molecule has 1 aliphatic rings. The van der Waals surface area contributed by atoms with E-state index >= 15 is 0 Å². The van der Waals surface area contributed by atoms with Crippen LogP contribution in [0.2, 0.25) is 0 Å². The minimum atomic E-state index is -4.73. The van der Waals surface area contributed by atoms with E-state index in [1.807, 2.05) is 0 Å². The van der Waals surface area contributed by atoms with Crippen LogP contribution in [0.3, 0.4) is 0 Å². The second kappa shape index (κ2) is 6.01. The van der Waals surface area contributed by atoms with Crippen LogP contribution in [0.4, 0.5) is 33.8 Å². The summed E-state index contributed by atoms with van der Waals surface area (Å²) in [7, 11) is 0. The number of nitrogen functional groups attached to an aromatic ring is 1. The van der Waals surface area contributed by atoms with Crippen LogP contribution in [-0.4, -0.2) is 36.9 Å². The molecule has 0 spiro atoms. The van der Waals surface area contributed by atoms with Crippen molar-refractivity contribution in [1.82, 2.24) is 24.9 Å². The molecule has 25 heavy (non-hydrogen) atoms. The highest BCUT2D eigenvalue weighted by Gasteiger charge is 2.39. The molecular weight excluding hydrogens is 349 g/mol. The van der Waals surface area contributed by atoms with Crippen molar-refractivity contribution in [3.05, 3.63) is 18.1 Å². The Kier molecular flexibility index (Phi) is 4.13. The van der Waals surface area contributed by atoms with Gasteiger partial charge >= 0.3 is 6.18 Å². The van der Waals surface area contributed by atoms with Crippen molar-refractivity contribution >= 4 is 11.9 Å². The highest BCUT2D eigenvalue weighted by Crippen LogP contribution is 2.36. The van der Waals surface area contributed by atoms with Crippen molar-refractivity contribution < 1.29 is 22.0 Å². The molecule has 0 amide bonds. The minimum absolute atomic E-state index is 0.0997. The maximum atomic E-state index is 13.2. The number of halogens is 5. The second-order valence-corrected chi connectivity index (χ2v) is 5.54. The number of rotatable bonds is 3. The molecular formula is C13H12F5N7. The van der Waals surface area contributed by atoms with E-state index in [4.69, 9.17) is 5.73 Å². The maximum Gasteiger partial charge on any atom is 0.451 e. The summed E-state index contributed by atoms with van der Waals surface area (Å²) in [5.74, 6) is -4.71. The number of aromatic nitrogens is 5. The third-order valence-corrected chi connectivity index (χ3v) is 3.53. The van der Waals surface area contributed by atoms with Gasteiger partial charge in [-0.25, -0.2) is 18.7 Å². The summed E-state index contributed by atoms with van der Waals surface area (Å²) in [4.78, 5) is 17.9. The third-order valence-electron chi connectivity index (χ3n) is 3.53. The summed E-state index contributed by atoms with van der Waals surface area (Å²) in [6.07, 6.45) is -4.26. The van der Waals surface area contributed by atoms with Gasteiger partial charge in [0.1, 0.15) is 5.69 Å². The Morgan fingerprint density at radius 2 is 1.92 bits per heavy atom. The van der Waals surface area contributed by atoms with E-state index < -0.39 is 24.0 Å². The highest BCUT2D eigenvalue weighted by molar-refractivity contribution is 5.52. The first-order chi connectivity index (χ1) is 11.6. The molecule has 0 aromatic carbocycles. The zero-order chi connectivity index (χ0) is 18.2. The average Bonchev–Trinajstić information content (AvgIpc) is 2.85. The van der Waals surface area contributed by atoms with Gasteiger partial charge in [-0.05, 0) is 12.5 Å². The van der Waals surface area contributed by atoms with Gasteiger partial charge in [-0.2, -0.15) is 28.1 Å². The third kappa shape index (κ3) is 4.06. The van der Waals surface area contributed by atoms with Gasteiger partial charge in [0.05, 0.1) is 0 Å². The van der Waals surface area contributed by atoms with Crippen molar-refractivity contribution in [2.45, 2.75) is 37.4 Å². The highest BCUT2D eigenvalue weighted by atomic mass is 19.4. The van der Waals surface area contributed by atoms with Gasteiger partial charge in [0.15, 0.2) is 5.82 Å². The summed E-state index contributed by atoms with van der Waals surface area (Å²) in [6, 6.07) is 0.609. The standard InChI is InChI=1S/C13H12F5N7/c14-12(15)3-1-6(5-12)21-11-24-8(23-10(19)25-11)7-2-4-20-9(22-7)13(16,17)18/h2,4,6H,1,3,5H2,(H3,19,21,23,24,25). The molecule has 7 nitrogen and oxygen atoms in total. The first-order valence-electron chi connectivity index (χ1n) is 7.19. The van der Waals surface area contributed by atoms with E-state index in [1.165, 1.54) is 6.07 Å². The van der Waals surface area contributed by atoms with Gasteiger partial charge < -0.3 is 11.1 Å². The molecule has 3 N–H and O–H groups in total. The molecule has 0 saturated heterocycles. The van der Waals surface area contributed by atoms with E-state index in [-0.39, 0.29) is 42.7 Å². The van der Waals surface area contributed by atoms with Crippen LogP contribution in [0.5, 0.6) is 0 Å². The van der Waals surface area contributed by atoms with Crippen LogP contribution in [0, 0.1) is 0 Å². The maximum absolute atomic E-state index is 13.2. The van der Waals surface area contributed by atoms with Crippen molar-refractivity contribution in [2.24, 2.45) is 0 Å². The molecule has 0 radical (unpaired) electrons. The Hall–Kier alpha value is -2.66. The lowest BCUT2D eigenvalue weighted by atomic mass is 10.2. The number of hydrogen-bond donors (Lipinski definition) is 2. The molecule has 0 bridgehead atoms. The monoisotopic (exact) mass is 361 g/mol. The molecule has 1 unspecified atom stereocenters. The van der Waals surface area contributed by atoms with E-state index in [0.717, 1.165) is 6.20 Å². The lowest BCUT2D eigenvalue weighted by Crippen LogP contribution is -2.21. The lowest BCUT2D eigenvalue weighted by Gasteiger charge is -2.13. The zero-order valence-electron chi connectivity index (χ0n) is 12.6.